The third-order valence-corrected chi connectivity index (χ3v) is 19.8. The number of unbranched alkanes of at least 4 members (excludes halogenated alkanes) is 3. The molecule has 2 nitrogen and oxygen atoms in total. The minimum atomic E-state index is -2.69. The van der Waals surface area contributed by atoms with Crippen molar-refractivity contribution in [2.75, 3.05) is 0 Å². The zero-order valence-corrected chi connectivity index (χ0v) is 18.2. The van der Waals surface area contributed by atoms with Crippen LogP contribution in [0.4, 0.5) is 8.78 Å². The Balaban J connectivity index is 2.96. The first-order chi connectivity index (χ1) is 10.9. The van der Waals surface area contributed by atoms with E-state index in [1.807, 2.05) is 6.21 Å². The first-order valence-corrected chi connectivity index (χ1v) is 16.8. The first kappa shape index (κ1) is 21.0. The zero-order valence-electron chi connectivity index (χ0n) is 15.4. The zero-order chi connectivity index (χ0) is 17.3. The van der Waals surface area contributed by atoms with Gasteiger partial charge in [-0.25, -0.2) is 0 Å². The molecule has 0 spiro atoms. The maximum atomic E-state index is 13.3. The summed E-state index contributed by atoms with van der Waals surface area (Å²) >= 11 is -2.57. The Morgan fingerprint density at radius 3 is 1.87 bits per heavy atom. The molecule has 0 aromatic heterocycles. The molecule has 0 amide bonds. The maximum absolute atomic E-state index is 13.3. The van der Waals surface area contributed by atoms with E-state index >= 15 is 0 Å². The van der Waals surface area contributed by atoms with Crippen molar-refractivity contribution < 1.29 is 8.78 Å². The van der Waals surface area contributed by atoms with Crippen molar-refractivity contribution in [2.45, 2.75) is 98.0 Å². The van der Waals surface area contributed by atoms with E-state index in [1.165, 1.54) is 55.6 Å². The van der Waals surface area contributed by atoms with Crippen LogP contribution in [0.2, 0.25) is 13.3 Å². The van der Waals surface area contributed by atoms with Crippen LogP contribution in [0.5, 0.6) is 0 Å². The van der Waals surface area contributed by atoms with E-state index in [2.05, 4.69) is 25.8 Å². The van der Waals surface area contributed by atoms with Gasteiger partial charge in [0.15, 0.2) is 0 Å². The Morgan fingerprint density at radius 1 is 1.00 bits per heavy atom. The Bertz CT molecular complexity index is 381. The summed E-state index contributed by atoms with van der Waals surface area (Å²) in [7, 11) is 0. The Labute approximate surface area is 145 Å². The predicted molar refractivity (Wildman–Crippen MR) is 99.9 cm³/mol. The fraction of sp³-hybridized carbons (Fsp3) is 0.889. The molecule has 1 atom stereocenters. The Morgan fingerprint density at radius 2 is 1.48 bits per heavy atom. The average Bonchev–Trinajstić information content (AvgIpc) is 2.94. The van der Waals surface area contributed by atoms with Gasteiger partial charge in [-0.15, -0.1) is 0 Å². The van der Waals surface area contributed by atoms with Crippen molar-refractivity contribution in [3.05, 3.63) is 0 Å². The second-order valence-corrected chi connectivity index (χ2v) is 20.2. The molecule has 0 aliphatic carbocycles. The predicted octanol–water partition coefficient (Wildman–Crippen LogP) is 6.27. The molecule has 1 unspecified atom stereocenters. The summed E-state index contributed by atoms with van der Waals surface area (Å²) in [6.07, 6.45) is 8.50. The molecule has 0 saturated heterocycles. The van der Waals surface area contributed by atoms with E-state index in [1.54, 1.807) is 0 Å². The molecule has 1 heterocycles. The van der Waals surface area contributed by atoms with Gasteiger partial charge in [0.05, 0.1) is 0 Å². The summed E-state index contributed by atoms with van der Waals surface area (Å²) in [6, 6.07) is 0. The van der Waals surface area contributed by atoms with Gasteiger partial charge in [-0.3, -0.25) is 0 Å². The SMILES string of the molecule is CCC[CH2][Sn]([CH2]CCC)([CH2]CCC)[C]1=NC(CC(C)(F)F)N=C1. The topological polar surface area (TPSA) is 24.7 Å². The minimum absolute atomic E-state index is 0.246. The van der Waals surface area contributed by atoms with E-state index < -0.39 is 30.5 Å². The summed E-state index contributed by atoms with van der Waals surface area (Å²) < 4.78 is 31.7. The van der Waals surface area contributed by atoms with Gasteiger partial charge < -0.3 is 0 Å². The third kappa shape index (κ3) is 7.18. The van der Waals surface area contributed by atoms with Crippen LogP contribution in [0.1, 0.15) is 72.6 Å². The Kier molecular flexibility index (Phi) is 9.24. The molecule has 0 aromatic rings. The summed E-state index contributed by atoms with van der Waals surface area (Å²) in [5, 5.41) is 0. The van der Waals surface area contributed by atoms with Crippen LogP contribution < -0.4 is 0 Å². The van der Waals surface area contributed by atoms with Crippen molar-refractivity contribution in [2.24, 2.45) is 9.98 Å². The molecule has 0 N–H and O–H groups in total. The van der Waals surface area contributed by atoms with Crippen molar-refractivity contribution in [3.63, 3.8) is 0 Å². The van der Waals surface area contributed by atoms with Crippen molar-refractivity contribution in [1.82, 2.24) is 0 Å². The van der Waals surface area contributed by atoms with Gasteiger partial charge in [0, 0.05) is 0 Å². The second-order valence-electron chi connectivity index (χ2n) is 7.14. The van der Waals surface area contributed by atoms with Crippen molar-refractivity contribution in [1.29, 1.82) is 0 Å². The number of hydrogen-bond acceptors (Lipinski definition) is 2. The van der Waals surface area contributed by atoms with Crippen LogP contribution in [0.3, 0.4) is 0 Å². The monoisotopic (exact) mass is 436 g/mol. The third-order valence-electron chi connectivity index (χ3n) is 4.77. The van der Waals surface area contributed by atoms with Crippen molar-refractivity contribution >= 4 is 28.3 Å². The standard InChI is InChI=1S/C6H7F2N2.3C4H9.Sn/c1-6(7,8)4-5-9-2-3-10-5;3*1-3-4-2;/h2,5H,4H2,1H3;3*1,3-4H2,2H3;. The van der Waals surface area contributed by atoms with Gasteiger partial charge in [-0.05, 0) is 0 Å². The van der Waals surface area contributed by atoms with Crippen LogP contribution in [-0.2, 0) is 0 Å². The van der Waals surface area contributed by atoms with E-state index in [0.29, 0.717) is 0 Å². The molecule has 1 aliphatic rings. The van der Waals surface area contributed by atoms with Crippen LogP contribution >= 0.6 is 0 Å². The molecule has 0 fully saturated rings. The molecule has 0 radical (unpaired) electrons. The first-order valence-electron chi connectivity index (χ1n) is 9.36. The van der Waals surface area contributed by atoms with E-state index in [4.69, 9.17) is 4.99 Å². The molecule has 0 aromatic carbocycles. The van der Waals surface area contributed by atoms with Gasteiger partial charge in [0.25, 0.3) is 0 Å². The fourth-order valence-corrected chi connectivity index (χ4v) is 18.7. The summed E-state index contributed by atoms with van der Waals surface area (Å²) in [5.74, 6) is -2.69. The molecule has 5 heteroatoms. The number of hydrogen-bond donors (Lipinski definition) is 0. The van der Waals surface area contributed by atoms with Crippen LogP contribution in [0.15, 0.2) is 9.98 Å². The molecule has 134 valence electrons. The molecule has 0 bridgehead atoms. The normalized spacial score (nSPS) is 18.5. The van der Waals surface area contributed by atoms with Gasteiger partial charge in [0.1, 0.15) is 0 Å². The summed E-state index contributed by atoms with van der Waals surface area (Å²) in [6.45, 7) is 7.68. The second kappa shape index (κ2) is 10.1. The summed E-state index contributed by atoms with van der Waals surface area (Å²) in [4.78, 5) is 9.05. The van der Waals surface area contributed by atoms with Gasteiger partial charge >= 0.3 is 145 Å². The molecule has 1 rings (SSSR count). The van der Waals surface area contributed by atoms with Crippen LogP contribution in [-0.4, -0.2) is 40.4 Å². The quantitative estimate of drug-likeness (QED) is 0.323. The van der Waals surface area contributed by atoms with Crippen molar-refractivity contribution in [3.8, 4) is 0 Å². The fourth-order valence-electron chi connectivity index (χ4n) is 3.38. The molecular formula is C18H34F2N2Sn. The van der Waals surface area contributed by atoms with Crippen LogP contribution in [0.25, 0.3) is 0 Å². The van der Waals surface area contributed by atoms with Crippen LogP contribution in [0, 0.1) is 0 Å². The number of nitrogens with zero attached hydrogens (tertiary/aromatic N) is 2. The molecular weight excluding hydrogens is 401 g/mol. The molecule has 1 aliphatic heterocycles. The van der Waals surface area contributed by atoms with E-state index in [9.17, 15) is 8.78 Å². The molecule has 0 saturated carbocycles. The number of halogens is 2. The van der Waals surface area contributed by atoms with Gasteiger partial charge in [0.2, 0.25) is 0 Å². The summed E-state index contributed by atoms with van der Waals surface area (Å²) in [5.41, 5.74) is 0. The number of rotatable bonds is 12. The molecule has 23 heavy (non-hydrogen) atoms. The van der Waals surface area contributed by atoms with Gasteiger partial charge in [-0.2, -0.15) is 0 Å². The van der Waals surface area contributed by atoms with Gasteiger partial charge in [-0.1, -0.05) is 0 Å². The van der Waals surface area contributed by atoms with E-state index in [0.717, 1.165) is 6.92 Å². The average molecular weight is 435 g/mol. The van der Waals surface area contributed by atoms with E-state index in [-0.39, 0.29) is 6.42 Å². The number of aliphatic imine (C=N–C) groups is 2. The number of alkyl halides is 2. The Hall–Kier alpha value is -0.00130.